The van der Waals surface area contributed by atoms with Gasteiger partial charge in [-0.1, -0.05) is 24.3 Å². The van der Waals surface area contributed by atoms with Crippen LogP contribution >= 0.6 is 0 Å². The largest absolute Gasteiger partial charge is 0.330 e. The smallest absolute Gasteiger partial charge is 0.123 e. The molecule has 2 rings (SSSR count). The summed E-state index contributed by atoms with van der Waals surface area (Å²) in [6.45, 7) is 5.00. The summed E-state index contributed by atoms with van der Waals surface area (Å²) in [4.78, 5) is 4.62. The zero-order chi connectivity index (χ0) is 12.4. The van der Waals surface area contributed by atoms with Crippen LogP contribution in [-0.4, -0.2) is 16.6 Å². The van der Waals surface area contributed by atoms with E-state index in [0.29, 0.717) is 0 Å². The third-order valence-corrected chi connectivity index (χ3v) is 3.10. The number of benzene rings is 1. The molecule has 3 nitrogen and oxygen atoms in total. The molecule has 0 spiro atoms. The zero-order valence-corrected chi connectivity index (χ0v) is 10.9. The van der Waals surface area contributed by atoms with Gasteiger partial charge in [-0.15, -0.1) is 0 Å². The molecule has 0 atom stereocenters. The molecule has 0 saturated carbocycles. The standard InChI is InChI=1S/C14H19N3/c1-10-7-5-6-8-12(10)14-11(2)16-13(9-15-3)17(14)4/h5-8,15H,9H2,1-4H3. The van der Waals surface area contributed by atoms with Gasteiger partial charge >= 0.3 is 0 Å². The second-order valence-corrected chi connectivity index (χ2v) is 4.37. The Morgan fingerprint density at radius 1 is 1.24 bits per heavy atom. The van der Waals surface area contributed by atoms with E-state index in [1.54, 1.807) is 0 Å². The number of hydrogen-bond donors (Lipinski definition) is 1. The highest BCUT2D eigenvalue weighted by Crippen LogP contribution is 2.26. The van der Waals surface area contributed by atoms with Crippen LogP contribution in [0, 0.1) is 13.8 Å². The van der Waals surface area contributed by atoms with Crippen molar-refractivity contribution < 1.29 is 0 Å². The number of aryl methyl sites for hydroxylation is 2. The van der Waals surface area contributed by atoms with Gasteiger partial charge in [0.2, 0.25) is 0 Å². The Hall–Kier alpha value is -1.61. The average molecular weight is 229 g/mol. The molecule has 1 heterocycles. The van der Waals surface area contributed by atoms with Crippen LogP contribution in [0.15, 0.2) is 24.3 Å². The van der Waals surface area contributed by atoms with Crippen LogP contribution in [0.4, 0.5) is 0 Å². The lowest BCUT2D eigenvalue weighted by Crippen LogP contribution is -2.10. The van der Waals surface area contributed by atoms with Gasteiger partial charge in [0.1, 0.15) is 5.82 Å². The van der Waals surface area contributed by atoms with E-state index >= 15 is 0 Å². The van der Waals surface area contributed by atoms with E-state index in [1.807, 2.05) is 7.05 Å². The van der Waals surface area contributed by atoms with Crippen LogP contribution < -0.4 is 5.32 Å². The van der Waals surface area contributed by atoms with Gasteiger partial charge in [-0.3, -0.25) is 0 Å². The first-order chi connectivity index (χ1) is 8.15. The molecule has 0 bridgehead atoms. The van der Waals surface area contributed by atoms with Crippen LogP contribution in [0.25, 0.3) is 11.3 Å². The Morgan fingerprint density at radius 3 is 2.59 bits per heavy atom. The van der Waals surface area contributed by atoms with E-state index in [0.717, 1.165) is 18.1 Å². The van der Waals surface area contributed by atoms with Crippen molar-refractivity contribution in [2.75, 3.05) is 7.05 Å². The summed E-state index contributed by atoms with van der Waals surface area (Å²) in [5.74, 6) is 1.07. The summed E-state index contributed by atoms with van der Waals surface area (Å²) >= 11 is 0. The van der Waals surface area contributed by atoms with E-state index in [2.05, 4.69) is 60.0 Å². The molecule has 0 aliphatic heterocycles. The number of nitrogens with one attached hydrogen (secondary N) is 1. The highest BCUT2D eigenvalue weighted by atomic mass is 15.1. The Kier molecular flexibility index (Phi) is 3.29. The molecule has 0 unspecified atom stereocenters. The summed E-state index contributed by atoms with van der Waals surface area (Å²) in [5.41, 5.74) is 4.86. The number of imidazole rings is 1. The highest BCUT2D eigenvalue weighted by molar-refractivity contribution is 5.66. The molecular formula is C14H19N3. The first-order valence-corrected chi connectivity index (χ1v) is 5.88. The minimum atomic E-state index is 0.795. The van der Waals surface area contributed by atoms with Crippen molar-refractivity contribution in [2.45, 2.75) is 20.4 Å². The maximum Gasteiger partial charge on any atom is 0.123 e. The number of rotatable bonds is 3. The lowest BCUT2D eigenvalue weighted by atomic mass is 10.0. The molecule has 17 heavy (non-hydrogen) atoms. The number of nitrogens with zero attached hydrogens (tertiary/aromatic N) is 2. The van der Waals surface area contributed by atoms with Crippen molar-refractivity contribution in [3.8, 4) is 11.3 Å². The Labute approximate surface area is 103 Å². The van der Waals surface area contributed by atoms with Gasteiger partial charge in [-0.05, 0) is 26.5 Å². The SMILES string of the molecule is CNCc1nc(C)c(-c2ccccc2C)n1C. The first kappa shape index (κ1) is 11.9. The fourth-order valence-corrected chi connectivity index (χ4v) is 2.22. The fourth-order valence-electron chi connectivity index (χ4n) is 2.22. The molecule has 0 saturated heterocycles. The molecule has 0 amide bonds. The van der Waals surface area contributed by atoms with Gasteiger partial charge in [-0.2, -0.15) is 0 Å². The molecule has 90 valence electrons. The van der Waals surface area contributed by atoms with Crippen molar-refractivity contribution in [3.05, 3.63) is 41.3 Å². The van der Waals surface area contributed by atoms with E-state index in [9.17, 15) is 0 Å². The second kappa shape index (κ2) is 4.72. The van der Waals surface area contributed by atoms with Crippen LogP contribution in [-0.2, 0) is 13.6 Å². The van der Waals surface area contributed by atoms with Crippen molar-refractivity contribution in [1.29, 1.82) is 0 Å². The van der Waals surface area contributed by atoms with Gasteiger partial charge in [0.05, 0.1) is 17.9 Å². The summed E-state index contributed by atoms with van der Waals surface area (Å²) in [6, 6.07) is 8.44. The Morgan fingerprint density at radius 2 is 1.94 bits per heavy atom. The molecular weight excluding hydrogens is 210 g/mol. The van der Waals surface area contributed by atoms with Crippen molar-refractivity contribution >= 4 is 0 Å². The number of hydrogen-bond acceptors (Lipinski definition) is 2. The first-order valence-electron chi connectivity index (χ1n) is 5.88. The molecule has 0 radical (unpaired) electrons. The molecule has 2 aromatic rings. The van der Waals surface area contributed by atoms with Crippen LogP contribution in [0.2, 0.25) is 0 Å². The molecule has 3 heteroatoms. The monoisotopic (exact) mass is 229 g/mol. The third kappa shape index (κ3) is 2.11. The lowest BCUT2D eigenvalue weighted by molar-refractivity contribution is 0.711. The van der Waals surface area contributed by atoms with Gasteiger partial charge in [-0.25, -0.2) is 4.98 Å². The van der Waals surface area contributed by atoms with Gasteiger partial charge in [0.15, 0.2) is 0 Å². The quantitative estimate of drug-likeness (QED) is 0.876. The van der Waals surface area contributed by atoms with Crippen molar-refractivity contribution in [1.82, 2.24) is 14.9 Å². The fraction of sp³-hybridized carbons (Fsp3) is 0.357. The van der Waals surface area contributed by atoms with Crippen LogP contribution in [0.3, 0.4) is 0 Å². The average Bonchev–Trinajstić information content (AvgIpc) is 2.57. The maximum atomic E-state index is 4.62. The zero-order valence-electron chi connectivity index (χ0n) is 10.9. The van der Waals surface area contributed by atoms with E-state index in [-0.39, 0.29) is 0 Å². The Bertz CT molecular complexity index is 526. The molecule has 1 N–H and O–H groups in total. The third-order valence-electron chi connectivity index (χ3n) is 3.10. The Balaban J connectivity index is 2.56. The molecule has 0 fully saturated rings. The molecule has 0 aliphatic rings. The molecule has 1 aromatic carbocycles. The van der Waals surface area contributed by atoms with Crippen molar-refractivity contribution in [2.24, 2.45) is 7.05 Å². The lowest BCUT2D eigenvalue weighted by Gasteiger charge is -2.09. The van der Waals surface area contributed by atoms with E-state index < -0.39 is 0 Å². The van der Waals surface area contributed by atoms with E-state index in [4.69, 9.17) is 0 Å². The normalized spacial score (nSPS) is 10.8. The molecule has 0 aliphatic carbocycles. The highest BCUT2D eigenvalue weighted by Gasteiger charge is 2.13. The van der Waals surface area contributed by atoms with Gasteiger partial charge in [0.25, 0.3) is 0 Å². The maximum absolute atomic E-state index is 4.62. The summed E-state index contributed by atoms with van der Waals surface area (Å²) in [5, 5.41) is 3.15. The number of aromatic nitrogens is 2. The van der Waals surface area contributed by atoms with Gasteiger partial charge < -0.3 is 9.88 Å². The summed E-state index contributed by atoms with van der Waals surface area (Å²) in [7, 11) is 4.02. The van der Waals surface area contributed by atoms with Crippen LogP contribution in [0.1, 0.15) is 17.1 Å². The van der Waals surface area contributed by atoms with Crippen LogP contribution in [0.5, 0.6) is 0 Å². The van der Waals surface area contributed by atoms with E-state index in [1.165, 1.54) is 16.8 Å². The summed E-state index contributed by atoms with van der Waals surface area (Å²) in [6.07, 6.45) is 0. The predicted molar refractivity (Wildman–Crippen MR) is 70.9 cm³/mol. The molecule has 1 aromatic heterocycles. The predicted octanol–water partition coefficient (Wildman–Crippen LogP) is 2.42. The topological polar surface area (TPSA) is 29.9 Å². The second-order valence-electron chi connectivity index (χ2n) is 4.37. The van der Waals surface area contributed by atoms with Gasteiger partial charge in [0, 0.05) is 12.6 Å². The minimum Gasteiger partial charge on any atom is -0.330 e. The summed E-state index contributed by atoms with van der Waals surface area (Å²) < 4.78 is 2.17. The minimum absolute atomic E-state index is 0.795. The van der Waals surface area contributed by atoms with Crippen molar-refractivity contribution in [3.63, 3.8) is 0 Å².